The Balaban J connectivity index is 3.21. The van der Waals surface area contributed by atoms with Gasteiger partial charge in [-0.25, -0.2) is 0 Å². The average Bonchev–Trinajstić information content (AvgIpc) is 2.20. The topological polar surface area (TPSA) is 12.5 Å². The quantitative estimate of drug-likeness (QED) is 0.618. The molecule has 1 aromatic carbocycles. The first-order valence-corrected chi connectivity index (χ1v) is 5.84. The van der Waals surface area contributed by atoms with Crippen LogP contribution in [0.25, 0.3) is 0 Å². The van der Waals surface area contributed by atoms with E-state index in [9.17, 15) is 0 Å². The standard InChI is InChI=1S/C12H18BrNO/c1-8-6-10(12(13)14(3)4)11(15-5)7-9(8)2/h6-7,12H,1-5H3. The lowest BCUT2D eigenvalue weighted by Crippen LogP contribution is -2.15. The molecule has 0 fully saturated rings. The Bertz CT molecular complexity index is 350. The highest BCUT2D eigenvalue weighted by atomic mass is 79.9. The van der Waals surface area contributed by atoms with Gasteiger partial charge in [-0.2, -0.15) is 0 Å². The number of methoxy groups -OCH3 is 1. The van der Waals surface area contributed by atoms with Crippen molar-refractivity contribution in [3.05, 3.63) is 28.8 Å². The summed E-state index contributed by atoms with van der Waals surface area (Å²) in [7, 11) is 5.78. The summed E-state index contributed by atoms with van der Waals surface area (Å²) in [6, 6.07) is 4.26. The molecule has 0 heterocycles. The smallest absolute Gasteiger partial charge is 0.124 e. The molecule has 0 aliphatic rings. The van der Waals surface area contributed by atoms with Gasteiger partial charge in [0.25, 0.3) is 0 Å². The van der Waals surface area contributed by atoms with E-state index in [4.69, 9.17) is 4.74 Å². The molecule has 0 N–H and O–H groups in total. The molecular formula is C12H18BrNO. The summed E-state index contributed by atoms with van der Waals surface area (Å²) < 4.78 is 5.40. The van der Waals surface area contributed by atoms with Crippen LogP contribution in [0.3, 0.4) is 0 Å². The number of benzene rings is 1. The van der Waals surface area contributed by atoms with E-state index in [1.807, 2.05) is 14.1 Å². The number of alkyl halides is 1. The van der Waals surface area contributed by atoms with Crippen molar-refractivity contribution in [2.24, 2.45) is 0 Å². The van der Waals surface area contributed by atoms with Crippen molar-refractivity contribution in [1.29, 1.82) is 0 Å². The summed E-state index contributed by atoms with van der Waals surface area (Å²) in [6.07, 6.45) is 0. The van der Waals surface area contributed by atoms with Crippen LogP contribution in [-0.2, 0) is 0 Å². The lowest BCUT2D eigenvalue weighted by atomic mass is 10.0. The van der Waals surface area contributed by atoms with Crippen molar-refractivity contribution in [2.45, 2.75) is 18.8 Å². The molecule has 3 heteroatoms. The van der Waals surface area contributed by atoms with Gasteiger partial charge in [0.2, 0.25) is 0 Å². The van der Waals surface area contributed by atoms with Gasteiger partial charge in [-0.3, -0.25) is 4.90 Å². The highest BCUT2D eigenvalue weighted by Gasteiger charge is 2.15. The van der Waals surface area contributed by atoms with Gasteiger partial charge >= 0.3 is 0 Å². The van der Waals surface area contributed by atoms with E-state index < -0.39 is 0 Å². The van der Waals surface area contributed by atoms with E-state index >= 15 is 0 Å². The van der Waals surface area contributed by atoms with Crippen LogP contribution in [0, 0.1) is 13.8 Å². The average molecular weight is 272 g/mol. The largest absolute Gasteiger partial charge is 0.496 e. The molecule has 1 unspecified atom stereocenters. The van der Waals surface area contributed by atoms with E-state index in [1.54, 1.807) is 7.11 Å². The van der Waals surface area contributed by atoms with Crippen molar-refractivity contribution < 1.29 is 4.74 Å². The number of ether oxygens (including phenoxy) is 1. The van der Waals surface area contributed by atoms with E-state index in [1.165, 1.54) is 16.7 Å². The van der Waals surface area contributed by atoms with Gasteiger partial charge in [0.1, 0.15) is 5.75 Å². The summed E-state index contributed by atoms with van der Waals surface area (Å²) in [6.45, 7) is 4.22. The second-order valence-corrected chi connectivity index (χ2v) is 4.85. The summed E-state index contributed by atoms with van der Waals surface area (Å²) in [5.41, 5.74) is 3.72. The molecule has 0 amide bonds. The zero-order valence-corrected chi connectivity index (χ0v) is 11.6. The van der Waals surface area contributed by atoms with Crippen LogP contribution < -0.4 is 4.74 Å². The second-order valence-electron chi connectivity index (χ2n) is 3.98. The van der Waals surface area contributed by atoms with Crippen LogP contribution in [0.4, 0.5) is 0 Å². The summed E-state index contributed by atoms with van der Waals surface area (Å²) in [4.78, 5) is 2.29. The number of hydrogen-bond acceptors (Lipinski definition) is 2. The fourth-order valence-corrected chi connectivity index (χ4v) is 1.81. The first-order chi connectivity index (χ1) is 6.97. The fraction of sp³-hybridized carbons (Fsp3) is 0.500. The zero-order valence-electron chi connectivity index (χ0n) is 9.97. The normalized spacial score (nSPS) is 13.0. The third-order valence-corrected chi connectivity index (χ3v) is 3.87. The van der Waals surface area contributed by atoms with Crippen LogP contribution in [0.2, 0.25) is 0 Å². The maximum absolute atomic E-state index is 5.40. The first-order valence-electron chi connectivity index (χ1n) is 4.93. The van der Waals surface area contributed by atoms with Gasteiger partial charge in [-0.05, 0) is 51.2 Å². The third kappa shape index (κ3) is 2.73. The van der Waals surface area contributed by atoms with Crippen LogP contribution in [0.1, 0.15) is 21.6 Å². The molecule has 0 aliphatic carbocycles. The molecule has 1 atom stereocenters. The predicted octanol–water partition coefficient (Wildman–Crippen LogP) is 3.27. The molecular weight excluding hydrogens is 254 g/mol. The Morgan fingerprint density at radius 2 is 1.73 bits per heavy atom. The van der Waals surface area contributed by atoms with Crippen molar-refractivity contribution in [3.8, 4) is 5.75 Å². The minimum Gasteiger partial charge on any atom is -0.496 e. The molecule has 1 aromatic rings. The molecule has 0 saturated heterocycles. The van der Waals surface area contributed by atoms with Crippen molar-refractivity contribution >= 4 is 15.9 Å². The Hall–Kier alpha value is -0.540. The summed E-state index contributed by atoms with van der Waals surface area (Å²) >= 11 is 3.65. The van der Waals surface area contributed by atoms with Gasteiger partial charge in [-0.15, -0.1) is 0 Å². The van der Waals surface area contributed by atoms with E-state index in [0.29, 0.717) is 0 Å². The van der Waals surface area contributed by atoms with E-state index in [-0.39, 0.29) is 4.95 Å². The number of halogens is 1. The zero-order chi connectivity index (χ0) is 11.6. The molecule has 0 spiro atoms. The highest BCUT2D eigenvalue weighted by molar-refractivity contribution is 9.09. The number of hydrogen-bond donors (Lipinski definition) is 0. The Labute approximate surface area is 100 Å². The maximum atomic E-state index is 5.40. The SMILES string of the molecule is COc1cc(C)c(C)cc1C(Br)N(C)C. The van der Waals surface area contributed by atoms with Crippen molar-refractivity contribution in [3.63, 3.8) is 0 Å². The second kappa shape index (κ2) is 4.99. The van der Waals surface area contributed by atoms with Gasteiger partial charge in [0.05, 0.1) is 12.1 Å². The summed E-state index contributed by atoms with van der Waals surface area (Å²) in [5.74, 6) is 0.939. The maximum Gasteiger partial charge on any atom is 0.124 e. The van der Waals surface area contributed by atoms with Gasteiger partial charge < -0.3 is 4.74 Å². The minimum absolute atomic E-state index is 0.187. The van der Waals surface area contributed by atoms with E-state index in [0.717, 1.165) is 5.75 Å². The third-order valence-electron chi connectivity index (χ3n) is 2.56. The van der Waals surface area contributed by atoms with Gasteiger partial charge in [0, 0.05) is 5.56 Å². The Morgan fingerprint density at radius 3 is 2.20 bits per heavy atom. The van der Waals surface area contributed by atoms with Crippen LogP contribution in [0.15, 0.2) is 12.1 Å². The summed E-state index contributed by atoms with van der Waals surface area (Å²) in [5, 5.41) is 0. The molecule has 0 aromatic heterocycles. The van der Waals surface area contributed by atoms with Crippen molar-refractivity contribution in [1.82, 2.24) is 4.90 Å². The van der Waals surface area contributed by atoms with E-state index in [2.05, 4.69) is 46.8 Å². The molecule has 0 saturated carbocycles. The van der Waals surface area contributed by atoms with Gasteiger partial charge in [0.15, 0.2) is 0 Å². The molecule has 0 bridgehead atoms. The van der Waals surface area contributed by atoms with Crippen LogP contribution >= 0.6 is 15.9 Å². The highest BCUT2D eigenvalue weighted by Crippen LogP contribution is 2.34. The number of nitrogens with zero attached hydrogens (tertiary/aromatic N) is 1. The number of rotatable bonds is 3. The monoisotopic (exact) mass is 271 g/mol. The molecule has 84 valence electrons. The molecule has 0 radical (unpaired) electrons. The lowest BCUT2D eigenvalue weighted by molar-refractivity contribution is 0.368. The molecule has 2 nitrogen and oxygen atoms in total. The van der Waals surface area contributed by atoms with Gasteiger partial charge in [-0.1, -0.05) is 15.9 Å². The van der Waals surface area contributed by atoms with Crippen LogP contribution in [-0.4, -0.2) is 26.1 Å². The Kier molecular flexibility index (Phi) is 4.17. The van der Waals surface area contributed by atoms with Crippen molar-refractivity contribution in [2.75, 3.05) is 21.2 Å². The lowest BCUT2D eigenvalue weighted by Gasteiger charge is -2.21. The Morgan fingerprint density at radius 1 is 1.20 bits per heavy atom. The molecule has 1 rings (SSSR count). The molecule has 15 heavy (non-hydrogen) atoms. The first kappa shape index (κ1) is 12.5. The fourth-order valence-electron chi connectivity index (χ4n) is 1.45. The number of aryl methyl sites for hydroxylation is 2. The minimum atomic E-state index is 0.187. The van der Waals surface area contributed by atoms with Crippen LogP contribution in [0.5, 0.6) is 5.75 Å². The predicted molar refractivity (Wildman–Crippen MR) is 67.8 cm³/mol. The molecule has 0 aliphatic heterocycles.